The second-order valence-electron chi connectivity index (χ2n) is 5.05. The number of fused-ring (bicyclic) bond motifs is 1. The predicted octanol–water partition coefficient (Wildman–Crippen LogP) is 3.20. The van der Waals surface area contributed by atoms with Gasteiger partial charge in [0.15, 0.2) is 0 Å². The summed E-state index contributed by atoms with van der Waals surface area (Å²) in [5.41, 5.74) is 2.34. The predicted molar refractivity (Wildman–Crippen MR) is 81.8 cm³/mol. The lowest BCUT2D eigenvalue weighted by molar-refractivity contribution is 0.477. The van der Waals surface area contributed by atoms with Gasteiger partial charge in [0.1, 0.15) is 0 Å². The van der Waals surface area contributed by atoms with Crippen LogP contribution in [0.3, 0.4) is 0 Å². The molecule has 0 radical (unpaired) electrons. The number of halogens is 1. The number of rotatable bonds is 5. The van der Waals surface area contributed by atoms with Crippen LogP contribution in [0.2, 0.25) is 5.02 Å². The number of hydrogen-bond donors (Lipinski definition) is 2. The van der Waals surface area contributed by atoms with Crippen molar-refractivity contribution in [2.45, 2.75) is 26.1 Å². The van der Waals surface area contributed by atoms with Crippen LogP contribution in [0, 0.1) is 0 Å². The lowest BCUT2D eigenvalue weighted by atomic mass is 10.1. The van der Waals surface area contributed by atoms with Crippen LogP contribution in [0.5, 0.6) is 0 Å². The first kappa shape index (κ1) is 13.2. The molecule has 0 amide bonds. The molecule has 2 heterocycles. The maximum atomic E-state index is 5.99. The van der Waals surface area contributed by atoms with Crippen LogP contribution in [-0.2, 0) is 13.1 Å². The van der Waals surface area contributed by atoms with Crippen molar-refractivity contribution >= 4 is 22.5 Å². The summed E-state index contributed by atoms with van der Waals surface area (Å²) in [6.07, 6.45) is 7.66. The molecule has 0 spiro atoms. The maximum absolute atomic E-state index is 5.99. The van der Waals surface area contributed by atoms with E-state index in [-0.39, 0.29) is 0 Å². The Balaban J connectivity index is 1.65. The van der Waals surface area contributed by atoms with E-state index in [4.69, 9.17) is 11.6 Å². The summed E-state index contributed by atoms with van der Waals surface area (Å²) in [4.78, 5) is 7.31. The van der Waals surface area contributed by atoms with Gasteiger partial charge in [-0.1, -0.05) is 17.7 Å². The highest BCUT2D eigenvalue weighted by molar-refractivity contribution is 6.31. The molecule has 4 nitrogen and oxygen atoms in total. The molecule has 3 aromatic rings. The average molecular weight is 289 g/mol. The highest BCUT2D eigenvalue weighted by atomic mass is 35.5. The molecule has 0 aliphatic rings. The second-order valence-corrected chi connectivity index (χ2v) is 5.48. The van der Waals surface area contributed by atoms with Gasteiger partial charge >= 0.3 is 0 Å². The Hall–Kier alpha value is -1.78. The van der Waals surface area contributed by atoms with Crippen molar-refractivity contribution in [1.29, 1.82) is 0 Å². The third-order valence-corrected chi connectivity index (χ3v) is 3.65. The molecule has 2 N–H and O–H groups in total. The normalized spacial score (nSPS) is 12.9. The minimum absolute atomic E-state index is 0.376. The monoisotopic (exact) mass is 288 g/mol. The first-order valence-corrected chi connectivity index (χ1v) is 7.05. The molecule has 5 heteroatoms. The Labute approximate surface area is 122 Å². The molecular weight excluding hydrogens is 272 g/mol. The van der Waals surface area contributed by atoms with Crippen molar-refractivity contribution in [3.05, 3.63) is 53.7 Å². The van der Waals surface area contributed by atoms with Gasteiger partial charge in [0.05, 0.1) is 6.33 Å². The van der Waals surface area contributed by atoms with E-state index in [1.54, 1.807) is 6.20 Å². The molecule has 0 bridgehead atoms. The SMILES string of the molecule is CC(Cn1ccnc1)NCc1c[nH]c2cc(Cl)ccc12. The lowest BCUT2D eigenvalue weighted by Crippen LogP contribution is -2.29. The summed E-state index contributed by atoms with van der Waals surface area (Å²) in [6, 6.07) is 6.32. The second kappa shape index (κ2) is 5.69. The summed E-state index contributed by atoms with van der Waals surface area (Å²) in [5, 5.41) is 5.50. The van der Waals surface area contributed by atoms with Crippen LogP contribution in [0.4, 0.5) is 0 Å². The van der Waals surface area contributed by atoms with Gasteiger partial charge in [0.25, 0.3) is 0 Å². The largest absolute Gasteiger partial charge is 0.361 e. The van der Waals surface area contributed by atoms with Crippen molar-refractivity contribution in [2.75, 3.05) is 0 Å². The minimum atomic E-state index is 0.376. The molecule has 3 rings (SSSR count). The van der Waals surface area contributed by atoms with Crippen LogP contribution in [-0.4, -0.2) is 20.6 Å². The van der Waals surface area contributed by atoms with Crippen LogP contribution in [0.25, 0.3) is 10.9 Å². The summed E-state index contributed by atoms with van der Waals surface area (Å²) in [7, 11) is 0. The highest BCUT2D eigenvalue weighted by Gasteiger charge is 2.06. The Morgan fingerprint density at radius 1 is 1.45 bits per heavy atom. The van der Waals surface area contributed by atoms with Crippen molar-refractivity contribution < 1.29 is 0 Å². The molecule has 104 valence electrons. The summed E-state index contributed by atoms with van der Waals surface area (Å²) in [5.74, 6) is 0. The number of imidazole rings is 1. The topological polar surface area (TPSA) is 45.6 Å². The fraction of sp³-hybridized carbons (Fsp3) is 0.267. The Morgan fingerprint density at radius 3 is 3.15 bits per heavy atom. The van der Waals surface area contributed by atoms with Gasteiger partial charge in [-0.15, -0.1) is 0 Å². The highest BCUT2D eigenvalue weighted by Crippen LogP contribution is 2.21. The fourth-order valence-electron chi connectivity index (χ4n) is 2.36. The smallest absolute Gasteiger partial charge is 0.0946 e. The van der Waals surface area contributed by atoms with Crippen LogP contribution < -0.4 is 5.32 Å². The molecule has 0 saturated heterocycles. The van der Waals surface area contributed by atoms with Crippen LogP contribution in [0.1, 0.15) is 12.5 Å². The molecule has 2 aromatic heterocycles. The van der Waals surface area contributed by atoms with E-state index in [1.165, 1.54) is 10.9 Å². The van der Waals surface area contributed by atoms with Gasteiger partial charge in [-0.3, -0.25) is 0 Å². The fourth-order valence-corrected chi connectivity index (χ4v) is 2.54. The zero-order valence-electron chi connectivity index (χ0n) is 11.3. The van der Waals surface area contributed by atoms with E-state index in [2.05, 4.69) is 32.8 Å². The van der Waals surface area contributed by atoms with E-state index >= 15 is 0 Å². The van der Waals surface area contributed by atoms with Gasteiger partial charge in [-0.05, 0) is 24.6 Å². The molecule has 20 heavy (non-hydrogen) atoms. The third-order valence-electron chi connectivity index (χ3n) is 3.41. The van der Waals surface area contributed by atoms with E-state index < -0.39 is 0 Å². The van der Waals surface area contributed by atoms with E-state index in [0.29, 0.717) is 6.04 Å². The molecule has 0 saturated carbocycles. The summed E-state index contributed by atoms with van der Waals surface area (Å²) >= 11 is 5.99. The molecule has 1 aromatic carbocycles. The quantitative estimate of drug-likeness (QED) is 0.757. The van der Waals surface area contributed by atoms with Gasteiger partial charge in [-0.2, -0.15) is 0 Å². The van der Waals surface area contributed by atoms with Crippen LogP contribution in [0.15, 0.2) is 43.1 Å². The molecule has 0 aliphatic heterocycles. The minimum Gasteiger partial charge on any atom is -0.361 e. The Morgan fingerprint density at radius 2 is 2.35 bits per heavy atom. The van der Waals surface area contributed by atoms with E-state index in [9.17, 15) is 0 Å². The Kier molecular flexibility index (Phi) is 3.76. The maximum Gasteiger partial charge on any atom is 0.0946 e. The standard InChI is InChI=1S/C15H17ClN4/c1-11(9-20-5-4-17-10-20)18-7-12-8-19-15-6-13(16)2-3-14(12)15/h2-6,8,10-11,18-19H,7,9H2,1H3. The average Bonchev–Trinajstić information content (AvgIpc) is 3.05. The van der Waals surface area contributed by atoms with Gasteiger partial charge in [-0.25, -0.2) is 4.98 Å². The Bertz CT molecular complexity index is 687. The molecule has 0 fully saturated rings. The summed E-state index contributed by atoms with van der Waals surface area (Å²) in [6.45, 7) is 3.91. The van der Waals surface area contributed by atoms with Gasteiger partial charge in [0.2, 0.25) is 0 Å². The number of nitrogens with zero attached hydrogens (tertiary/aromatic N) is 2. The number of H-pyrrole nitrogens is 1. The zero-order chi connectivity index (χ0) is 13.9. The van der Waals surface area contributed by atoms with Crippen molar-refractivity contribution in [3.8, 4) is 0 Å². The van der Waals surface area contributed by atoms with Gasteiger partial charge < -0.3 is 14.9 Å². The third kappa shape index (κ3) is 2.86. The summed E-state index contributed by atoms with van der Waals surface area (Å²) < 4.78 is 2.08. The molecular formula is C15H17ClN4. The van der Waals surface area contributed by atoms with Crippen molar-refractivity contribution in [1.82, 2.24) is 19.9 Å². The molecule has 1 atom stereocenters. The van der Waals surface area contributed by atoms with Crippen LogP contribution >= 0.6 is 11.6 Å². The van der Waals surface area contributed by atoms with E-state index in [0.717, 1.165) is 23.6 Å². The first-order valence-electron chi connectivity index (χ1n) is 6.67. The first-order chi connectivity index (χ1) is 9.72. The lowest BCUT2D eigenvalue weighted by Gasteiger charge is -2.14. The number of hydrogen-bond acceptors (Lipinski definition) is 2. The zero-order valence-corrected chi connectivity index (χ0v) is 12.1. The number of aromatic amines is 1. The number of aromatic nitrogens is 3. The number of benzene rings is 1. The molecule has 0 aliphatic carbocycles. The van der Waals surface area contributed by atoms with Crippen molar-refractivity contribution in [3.63, 3.8) is 0 Å². The molecule has 1 unspecified atom stereocenters. The van der Waals surface area contributed by atoms with Crippen molar-refractivity contribution in [2.24, 2.45) is 0 Å². The number of nitrogens with one attached hydrogen (secondary N) is 2. The van der Waals surface area contributed by atoms with Gasteiger partial charge in [0, 0.05) is 53.6 Å². The van der Waals surface area contributed by atoms with E-state index in [1.807, 2.05) is 30.9 Å².